The molecule has 27 heavy (non-hydrogen) atoms. The monoisotopic (exact) mass is 370 g/mol. The van der Waals surface area contributed by atoms with E-state index in [2.05, 4.69) is 39.8 Å². The maximum atomic E-state index is 10.2. The molecule has 2 aromatic rings. The maximum Gasteiger partial charge on any atom is 0.121 e. The lowest BCUT2D eigenvalue weighted by molar-refractivity contribution is 0.140. The molecule has 0 fully saturated rings. The van der Waals surface area contributed by atoms with Gasteiger partial charge in [-0.3, -0.25) is 0 Å². The van der Waals surface area contributed by atoms with Gasteiger partial charge in [0.05, 0.1) is 13.2 Å². The number of rotatable bonds is 8. The Morgan fingerprint density at radius 1 is 0.704 bits per heavy atom. The highest BCUT2D eigenvalue weighted by atomic mass is 16.5. The first-order valence-electron chi connectivity index (χ1n) is 9.93. The van der Waals surface area contributed by atoms with Gasteiger partial charge in [0.1, 0.15) is 11.5 Å². The zero-order valence-electron chi connectivity index (χ0n) is 17.6. The second-order valence-corrected chi connectivity index (χ2v) is 8.12. The quantitative estimate of drug-likeness (QED) is 0.581. The van der Waals surface area contributed by atoms with Crippen LogP contribution in [0.4, 0.5) is 0 Å². The fourth-order valence-corrected chi connectivity index (χ4v) is 3.42. The number of phenols is 2. The van der Waals surface area contributed by atoms with Crippen LogP contribution in [-0.2, 0) is 17.6 Å². The number of hydrogen-bond donors (Lipinski definition) is 2. The minimum Gasteiger partial charge on any atom is -0.507 e. The van der Waals surface area contributed by atoms with Crippen molar-refractivity contribution >= 4 is 0 Å². The number of aromatic hydroxyl groups is 2. The lowest BCUT2D eigenvalue weighted by Crippen LogP contribution is -2.05. The van der Waals surface area contributed by atoms with Crippen LogP contribution in [0.1, 0.15) is 72.9 Å². The summed E-state index contributed by atoms with van der Waals surface area (Å²) in [7, 11) is 0. The average molecular weight is 371 g/mol. The van der Waals surface area contributed by atoms with Gasteiger partial charge in [0, 0.05) is 0 Å². The molecule has 0 aliphatic rings. The molecule has 2 aromatic carbocycles. The third-order valence-corrected chi connectivity index (χ3v) is 5.09. The van der Waals surface area contributed by atoms with Crippen molar-refractivity contribution in [3.05, 3.63) is 57.6 Å². The zero-order chi connectivity index (χ0) is 20.1. The smallest absolute Gasteiger partial charge is 0.121 e. The Morgan fingerprint density at radius 3 is 1.41 bits per heavy atom. The molecule has 2 rings (SSSR count). The molecular weight excluding hydrogens is 336 g/mol. The first kappa shape index (κ1) is 21.3. The fraction of sp³-hybridized carbons (Fsp3) is 0.500. The van der Waals surface area contributed by atoms with Gasteiger partial charge >= 0.3 is 0 Å². The van der Waals surface area contributed by atoms with Crippen LogP contribution in [0.5, 0.6) is 11.5 Å². The van der Waals surface area contributed by atoms with Crippen LogP contribution in [0.25, 0.3) is 0 Å². The molecule has 0 atom stereocenters. The van der Waals surface area contributed by atoms with Crippen LogP contribution in [0, 0.1) is 13.8 Å². The van der Waals surface area contributed by atoms with E-state index in [-0.39, 0.29) is 0 Å². The predicted molar refractivity (Wildman–Crippen MR) is 112 cm³/mol. The van der Waals surface area contributed by atoms with Crippen molar-refractivity contribution in [2.75, 3.05) is 13.2 Å². The average Bonchev–Trinajstić information content (AvgIpc) is 2.59. The van der Waals surface area contributed by atoms with E-state index in [9.17, 15) is 10.2 Å². The van der Waals surface area contributed by atoms with E-state index in [0.29, 0.717) is 36.5 Å². The maximum absolute atomic E-state index is 10.2. The van der Waals surface area contributed by atoms with Crippen LogP contribution in [0.3, 0.4) is 0 Å². The van der Waals surface area contributed by atoms with Crippen LogP contribution >= 0.6 is 0 Å². The number of ether oxygens (including phenoxy) is 1. The summed E-state index contributed by atoms with van der Waals surface area (Å²) in [6.07, 6.45) is 1.68. The molecule has 0 aliphatic carbocycles. The van der Waals surface area contributed by atoms with Crippen molar-refractivity contribution < 1.29 is 14.9 Å². The van der Waals surface area contributed by atoms with Gasteiger partial charge in [-0.1, -0.05) is 52.0 Å². The Bertz CT molecular complexity index is 710. The number of aryl methyl sites for hydroxylation is 2. The van der Waals surface area contributed by atoms with Gasteiger partial charge in [-0.15, -0.1) is 0 Å². The zero-order valence-corrected chi connectivity index (χ0v) is 17.6. The number of phenolic OH excluding ortho intramolecular Hbond substituents is 2. The van der Waals surface area contributed by atoms with Gasteiger partial charge in [-0.2, -0.15) is 0 Å². The Hall–Kier alpha value is -2.00. The number of hydrogen-bond acceptors (Lipinski definition) is 3. The van der Waals surface area contributed by atoms with Crippen molar-refractivity contribution in [3.63, 3.8) is 0 Å². The van der Waals surface area contributed by atoms with E-state index >= 15 is 0 Å². The van der Waals surface area contributed by atoms with Gasteiger partial charge in [-0.25, -0.2) is 0 Å². The fourth-order valence-electron chi connectivity index (χ4n) is 3.42. The highest BCUT2D eigenvalue weighted by Crippen LogP contribution is 2.31. The van der Waals surface area contributed by atoms with Gasteiger partial charge in [-0.05, 0) is 71.9 Å². The molecule has 0 spiro atoms. The van der Waals surface area contributed by atoms with Gasteiger partial charge in [0.15, 0.2) is 0 Å². The topological polar surface area (TPSA) is 49.7 Å². The van der Waals surface area contributed by atoms with E-state index in [1.165, 1.54) is 11.1 Å². The highest BCUT2D eigenvalue weighted by molar-refractivity contribution is 5.45. The molecule has 0 amide bonds. The SMILES string of the molecule is Cc1cc(CCOCCc2cc(C)c(O)c(C(C)C)c2)cc(C(C)C)c1O. The molecule has 0 aromatic heterocycles. The molecule has 0 heterocycles. The first-order valence-corrected chi connectivity index (χ1v) is 9.93. The minimum atomic E-state index is 0.303. The van der Waals surface area contributed by atoms with Crippen LogP contribution < -0.4 is 0 Å². The molecule has 0 radical (unpaired) electrons. The molecule has 148 valence electrons. The molecule has 2 N–H and O–H groups in total. The summed E-state index contributed by atoms with van der Waals surface area (Å²) in [5, 5.41) is 20.4. The predicted octanol–water partition coefficient (Wildman–Crippen LogP) is 5.76. The van der Waals surface area contributed by atoms with Crippen molar-refractivity contribution in [1.29, 1.82) is 0 Å². The normalized spacial score (nSPS) is 11.6. The third-order valence-electron chi connectivity index (χ3n) is 5.09. The summed E-state index contributed by atoms with van der Waals surface area (Å²) < 4.78 is 5.86. The first-order chi connectivity index (χ1) is 12.7. The lowest BCUT2D eigenvalue weighted by atomic mass is 9.95. The largest absolute Gasteiger partial charge is 0.507 e. The molecule has 0 aliphatic heterocycles. The molecule has 0 saturated carbocycles. The highest BCUT2D eigenvalue weighted by Gasteiger charge is 2.11. The van der Waals surface area contributed by atoms with E-state index in [0.717, 1.165) is 35.1 Å². The summed E-state index contributed by atoms with van der Waals surface area (Å²) >= 11 is 0. The Balaban J connectivity index is 1.90. The standard InChI is InChI=1S/C24H34O3/c1-15(2)21-13-19(11-17(5)23(21)25)7-9-27-10-8-20-12-18(6)24(26)22(14-20)16(3)4/h11-16,25-26H,7-10H2,1-6H3. The summed E-state index contributed by atoms with van der Waals surface area (Å²) in [4.78, 5) is 0. The lowest BCUT2D eigenvalue weighted by Gasteiger charge is -2.14. The third kappa shape index (κ3) is 5.49. The second kappa shape index (κ2) is 9.27. The van der Waals surface area contributed by atoms with Crippen molar-refractivity contribution in [3.8, 4) is 11.5 Å². The molecule has 0 unspecified atom stereocenters. The minimum absolute atomic E-state index is 0.303. The van der Waals surface area contributed by atoms with Crippen LogP contribution in [0.2, 0.25) is 0 Å². The Kier molecular flexibility index (Phi) is 7.32. The molecule has 0 saturated heterocycles. The molecule has 0 bridgehead atoms. The van der Waals surface area contributed by atoms with E-state index < -0.39 is 0 Å². The molecular formula is C24H34O3. The Morgan fingerprint density at radius 2 is 1.07 bits per heavy atom. The van der Waals surface area contributed by atoms with E-state index in [1.807, 2.05) is 26.0 Å². The summed E-state index contributed by atoms with van der Waals surface area (Å²) in [6, 6.07) is 8.27. The van der Waals surface area contributed by atoms with Crippen LogP contribution in [-0.4, -0.2) is 23.4 Å². The van der Waals surface area contributed by atoms with Gasteiger partial charge in [0.2, 0.25) is 0 Å². The van der Waals surface area contributed by atoms with E-state index in [4.69, 9.17) is 4.74 Å². The van der Waals surface area contributed by atoms with Crippen molar-refractivity contribution in [2.24, 2.45) is 0 Å². The molecule has 3 nitrogen and oxygen atoms in total. The van der Waals surface area contributed by atoms with Gasteiger partial charge in [0.25, 0.3) is 0 Å². The summed E-state index contributed by atoms with van der Waals surface area (Å²) in [5.74, 6) is 1.44. The number of benzene rings is 2. The Labute approximate surface area is 164 Å². The van der Waals surface area contributed by atoms with Gasteiger partial charge < -0.3 is 14.9 Å². The second-order valence-electron chi connectivity index (χ2n) is 8.12. The van der Waals surface area contributed by atoms with Crippen molar-refractivity contribution in [2.45, 2.75) is 66.2 Å². The van der Waals surface area contributed by atoms with Crippen molar-refractivity contribution in [1.82, 2.24) is 0 Å². The van der Waals surface area contributed by atoms with Crippen LogP contribution in [0.15, 0.2) is 24.3 Å². The van der Waals surface area contributed by atoms with E-state index in [1.54, 1.807) is 0 Å². The summed E-state index contributed by atoms with van der Waals surface area (Å²) in [6.45, 7) is 13.6. The molecule has 3 heteroatoms. The summed E-state index contributed by atoms with van der Waals surface area (Å²) in [5.41, 5.74) is 6.28.